The van der Waals surface area contributed by atoms with Crippen LogP contribution in [-0.2, 0) is 9.59 Å². The Morgan fingerprint density at radius 2 is 2.13 bits per heavy atom. The van der Waals surface area contributed by atoms with Crippen molar-refractivity contribution in [3.8, 4) is 0 Å². The molecule has 1 N–H and O–H groups in total. The predicted molar refractivity (Wildman–Crippen MR) is 58.3 cm³/mol. The van der Waals surface area contributed by atoms with Crippen LogP contribution in [0, 0.1) is 5.41 Å². The van der Waals surface area contributed by atoms with Crippen LogP contribution in [0.25, 0.3) is 0 Å². The van der Waals surface area contributed by atoms with Crippen molar-refractivity contribution < 1.29 is 9.59 Å². The van der Waals surface area contributed by atoms with E-state index < -0.39 is 0 Å². The maximum absolute atomic E-state index is 11.6. The molecule has 0 aromatic rings. The molecule has 1 heterocycles. The lowest BCUT2D eigenvalue weighted by atomic mass is 9.92. The van der Waals surface area contributed by atoms with Crippen molar-refractivity contribution in [2.45, 2.75) is 39.7 Å². The lowest BCUT2D eigenvalue weighted by molar-refractivity contribution is -0.132. The van der Waals surface area contributed by atoms with Crippen LogP contribution < -0.4 is 5.32 Å². The Morgan fingerprint density at radius 3 is 2.53 bits per heavy atom. The second-order valence-electron chi connectivity index (χ2n) is 5.41. The average Bonchev–Trinajstić information content (AvgIpc) is 2.32. The molecule has 0 saturated carbocycles. The molecule has 0 spiro atoms. The molecule has 0 aliphatic carbocycles. The Kier molecular flexibility index (Phi) is 3.37. The van der Waals surface area contributed by atoms with Gasteiger partial charge in [-0.1, -0.05) is 20.8 Å². The second-order valence-corrected chi connectivity index (χ2v) is 5.41. The molecule has 4 nitrogen and oxygen atoms in total. The van der Waals surface area contributed by atoms with Gasteiger partial charge >= 0.3 is 0 Å². The highest BCUT2D eigenvalue weighted by Crippen LogP contribution is 2.18. The van der Waals surface area contributed by atoms with E-state index in [0.29, 0.717) is 6.42 Å². The van der Waals surface area contributed by atoms with Crippen molar-refractivity contribution in [2.75, 3.05) is 13.6 Å². The van der Waals surface area contributed by atoms with Crippen LogP contribution >= 0.6 is 0 Å². The minimum Gasteiger partial charge on any atom is -0.344 e. The molecule has 0 aromatic heterocycles. The number of nitrogens with zero attached hydrogens (tertiary/aromatic N) is 1. The fourth-order valence-electron chi connectivity index (χ4n) is 1.68. The van der Waals surface area contributed by atoms with E-state index in [2.05, 4.69) is 5.32 Å². The van der Waals surface area contributed by atoms with E-state index >= 15 is 0 Å². The number of amides is 2. The number of likely N-dealkylation sites (tertiary alicyclic amines) is 1. The van der Waals surface area contributed by atoms with Gasteiger partial charge in [0.25, 0.3) is 0 Å². The van der Waals surface area contributed by atoms with E-state index in [1.807, 2.05) is 20.8 Å². The van der Waals surface area contributed by atoms with E-state index in [0.717, 1.165) is 13.0 Å². The minimum absolute atomic E-state index is 0.0252. The Bertz CT molecular complexity index is 268. The molecule has 1 fully saturated rings. The van der Waals surface area contributed by atoms with E-state index in [4.69, 9.17) is 0 Å². The molecule has 2 amide bonds. The summed E-state index contributed by atoms with van der Waals surface area (Å²) in [5.41, 5.74) is -0.0301. The van der Waals surface area contributed by atoms with E-state index in [1.54, 1.807) is 11.9 Å². The monoisotopic (exact) mass is 212 g/mol. The summed E-state index contributed by atoms with van der Waals surface area (Å²) in [6.07, 6.45) is 1.19. The van der Waals surface area contributed by atoms with Gasteiger partial charge in [-0.25, -0.2) is 0 Å². The SMILES string of the molecule is CN1CCC(NC(=O)CC(C)(C)C)C1=O. The molecule has 1 unspecified atom stereocenters. The molecule has 0 bridgehead atoms. The number of carbonyl (C=O) groups excluding carboxylic acids is 2. The van der Waals surface area contributed by atoms with Gasteiger partial charge in [0.15, 0.2) is 0 Å². The van der Waals surface area contributed by atoms with Gasteiger partial charge in [0.2, 0.25) is 11.8 Å². The zero-order chi connectivity index (χ0) is 11.6. The zero-order valence-electron chi connectivity index (χ0n) is 9.96. The summed E-state index contributed by atoms with van der Waals surface area (Å²) in [6, 6.07) is -0.301. The van der Waals surface area contributed by atoms with E-state index in [-0.39, 0.29) is 23.3 Å². The first kappa shape index (κ1) is 12.0. The van der Waals surface area contributed by atoms with Gasteiger partial charge in [0, 0.05) is 20.0 Å². The third-order valence-corrected chi connectivity index (χ3v) is 2.45. The normalized spacial score (nSPS) is 22.0. The average molecular weight is 212 g/mol. The molecule has 0 radical (unpaired) electrons. The van der Waals surface area contributed by atoms with Gasteiger partial charge < -0.3 is 10.2 Å². The van der Waals surface area contributed by atoms with Gasteiger partial charge in [-0.05, 0) is 11.8 Å². The lowest BCUT2D eigenvalue weighted by Crippen LogP contribution is -2.41. The van der Waals surface area contributed by atoms with Gasteiger partial charge in [-0.3, -0.25) is 9.59 Å². The first-order valence-corrected chi connectivity index (χ1v) is 5.34. The van der Waals surface area contributed by atoms with E-state index in [1.165, 1.54) is 0 Å². The summed E-state index contributed by atoms with van der Waals surface area (Å²) in [4.78, 5) is 24.8. The molecule has 1 rings (SSSR count). The number of likely N-dealkylation sites (N-methyl/N-ethyl adjacent to an activating group) is 1. The molecular weight excluding hydrogens is 192 g/mol. The van der Waals surface area contributed by atoms with Crippen LogP contribution in [0.3, 0.4) is 0 Å². The van der Waals surface area contributed by atoms with Gasteiger partial charge in [0.05, 0.1) is 0 Å². The quantitative estimate of drug-likeness (QED) is 0.735. The van der Waals surface area contributed by atoms with Crippen molar-refractivity contribution in [1.29, 1.82) is 0 Å². The largest absolute Gasteiger partial charge is 0.344 e. The van der Waals surface area contributed by atoms with Crippen LogP contribution in [0.5, 0.6) is 0 Å². The van der Waals surface area contributed by atoms with Crippen molar-refractivity contribution in [1.82, 2.24) is 10.2 Å². The van der Waals surface area contributed by atoms with E-state index in [9.17, 15) is 9.59 Å². The van der Waals surface area contributed by atoms with Crippen molar-refractivity contribution in [3.05, 3.63) is 0 Å². The molecule has 1 saturated heterocycles. The van der Waals surface area contributed by atoms with Crippen molar-refractivity contribution in [3.63, 3.8) is 0 Å². The maximum Gasteiger partial charge on any atom is 0.244 e. The number of hydrogen-bond acceptors (Lipinski definition) is 2. The summed E-state index contributed by atoms with van der Waals surface area (Å²) in [7, 11) is 1.76. The molecule has 1 aliphatic heterocycles. The summed E-state index contributed by atoms with van der Waals surface area (Å²) in [6.45, 7) is 6.76. The zero-order valence-corrected chi connectivity index (χ0v) is 9.96. The first-order chi connectivity index (χ1) is 6.79. The van der Waals surface area contributed by atoms with Crippen molar-refractivity contribution >= 4 is 11.8 Å². The third-order valence-electron chi connectivity index (χ3n) is 2.45. The number of nitrogens with one attached hydrogen (secondary N) is 1. The smallest absolute Gasteiger partial charge is 0.244 e. The predicted octanol–water partition coefficient (Wildman–Crippen LogP) is 0.769. The Balaban J connectivity index is 2.43. The molecule has 15 heavy (non-hydrogen) atoms. The van der Waals surface area contributed by atoms with Crippen LogP contribution in [0.4, 0.5) is 0 Å². The van der Waals surface area contributed by atoms with Gasteiger partial charge in [-0.15, -0.1) is 0 Å². The first-order valence-electron chi connectivity index (χ1n) is 5.34. The van der Waals surface area contributed by atoms with Crippen LogP contribution in [0.1, 0.15) is 33.6 Å². The highest BCUT2D eigenvalue weighted by Gasteiger charge is 2.30. The highest BCUT2D eigenvalue weighted by atomic mass is 16.2. The van der Waals surface area contributed by atoms with Crippen LogP contribution in [0.2, 0.25) is 0 Å². The van der Waals surface area contributed by atoms with Crippen LogP contribution in [-0.4, -0.2) is 36.3 Å². The number of hydrogen-bond donors (Lipinski definition) is 1. The molecule has 86 valence electrons. The molecule has 1 atom stereocenters. The molecular formula is C11H20N2O2. The topological polar surface area (TPSA) is 49.4 Å². The Morgan fingerprint density at radius 1 is 1.53 bits per heavy atom. The summed E-state index contributed by atoms with van der Waals surface area (Å²) in [5, 5.41) is 2.79. The molecule has 1 aliphatic rings. The summed E-state index contributed by atoms with van der Waals surface area (Å²) < 4.78 is 0. The lowest BCUT2D eigenvalue weighted by Gasteiger charge is -2.19. The standard InChI is InChI=1S/C11H20N2O2/c1-11(2,3)7-9(14)12-8-5-6-13(4)10(8)15/h8H,5-7H2,1-4H3,(H,12,14). The number of rotatable bonds is 2. The second kappa shape index (κ2) is 4.21. The van der Waals surface area contributed by atoms with Crippen molar-refractivity contribution in [2.24, 2.45) is 5.41 Å². The summed E-state index contributed by atoms with van der Waals surface area (Å²) in [5.74, 6) is -0.00610. The minimum atomic E-state index is -0.301. The Labute approximate surface area is 91.0 Å². The molecule has 4 heteroatoms. The molecule has 0 aromatic carbocycles. The number of carbonyl (C=O) groups is 2. The van der Waals surface area contributed by atoms with Gasteiger partial charge in [-0.2, -0.15) is 0 Å². The summed E-state index contributed by atoms with van der Waals surface area (Å²) >= 11 is 0. The van der Waals surface area contributed by atoms with Crippen LogP contribution in [0.15, 0.2) is 0 Å². The fraction of sp³-hybridized carbons (Fsp3) is 0.818. The Hall–Kier alpha value is -1.06. The van der Waals surface area contributed by atoms with Gasteiger partial charge in [0.1, 0.15) is 6.04 Å². The fourth-order valence-corrected chi connectivity index (χ4v) is 1.68. The third kappa shape index (κ3) is 3.53. The maximum atomic E-state index is 11.6. The highest BCUT2D eigenvalue weighted by molar-refractivity contribution is 5.89.